The summed E-state index contributed by atoms with van der Waals surface area (Å²) in [7, 11) is 0. The number of carbonyl (C=O) groups is 2. The number of piperazine rings is 1. The lowest BCUT2D eigenvalue weighted by Gasteiger charge is -2.40. The highest BCUT2D eigenvalue weighted by molar-refractivity contribution is 5.91. The normalized spacial score (nSPS) is 19.0. The molecule has 0 spiro atoms. The van der Waals surface area contributed by atoms with Crippen molar-refractivity contribution in [1.29, 1.82) is 0 Å². The molecular weight excluding hydrogens is 378 g/mol. The largest absolute Gasteiger partial charge is 0.459 e. The molecule has 2 amide bonds. The number of amides is 2. The summed E-state index contributed by atoms with van der Waals surface area (Å²) in [5.41, 5.74) is 1.24. The van der Waals surface area contributed by atoms with Crippen LogP contribution in [0.25, 0.3) is 0 Å². The number of furan rings is 1. The third kappa shape index (κ3) is 4.93. The van der Waals surface area contributed by atoms with Gasteiger partial charge in [0.1, 0.15) is 0 Å². The lowest BCUT2D eigenvalue weighted by atomic mass is 9.95. The highest BCUT2D eigenvalue weighted by Gasteiger charge is 2.37. The highest BCUT2D eigenvalue weighted by Crippen LogP contribution is 2.31. The lowest BCUT2D eigenvalue weighted by molar-refractivity contribution is -0.129. The van der Waals surface area contributed by atoms with Gasteiger partial charge < -0.3 is 14.6 Å². The van der Waals surface area contributed by atoms with Gasteiger partial charge in [-0.3, -0.25) is 14.5 Å². The molecule has 2 aromatic rings. The second-order valence-corrected chi connectivity index (χ2v) is 8.32. The topological polar surface area (TPSA) is 65.8 Å². The molecule has 0 bridgehead atoms. The second kappa shape index (κ2) is 9.94. The van der Waals surface area contributed by atoms with Crippen molar-refractivity contribution in [2.75, 3.05) is 32.7 Å². The van der Waals surface area contributed by atoms with E-state index in [9.17, 15) is 9.59 Å². The predicted octanol–water partition coefficient (Wildman–Crippen LogP) is 2.96. The predicted molar refractivity (Wildman–Crippen MR) is 115 cm³/mol. The Hall–Kier alpha value is -2.60. The number of rotatable bonds is 7. The van der Waals surface area contributed by atoms with Gasteiger partial charge in [-0.25, -0.2) is 0 Å². The van der Waals surface area contributed by atoms with E-state index in [1.54, 1.807) is 12.1 Å². The quantitative estimate of drug-likeness (QED) is 0.764. The van der Waals surface area contributed by atoms with Crippen LogP contribution in [0.15, 0.2) is 53.1 Å². The van der Waals surface area contributed by atoms with Crippen molar-refractivity contribution in [2.45, 2.75) is 38.1 Å². The smallest absolute Gasteiger partial charge is 0.289 e. The van der Waals surface area contributed by atoms with Crippen LogP contribution in [0.2, 0.25) is 0 Å². The van der Waals surface area contributed by atoms with E-state index in [4.69, 9.17) is 4.42 Å². The van der Waals surface area contributed by atoms with E-state index < -0.39 is 0 Å². The molecular formula is C24H31N3O3. The van der Waals surface area contributed by atoms with Crippen LogP contribution < -0.4 is 5.32 Å². The fourth-order valence-electron chi connectivity index (χ4n) is 4.79. The number of hydrogen-bond donors (Lipinski definition) is 1. The molecule has 1 aliphatic heterocycles. The van der Waals surface area contributed by atoms with E-state index in [-0.39, 0.29) is 17.9 Å². The van der Waals surface area contributed by atoms with Crippen LogP contribution in [0.5, 0.6) is 0 Å². The van der Waals surface area contributed by atoms with E-state index >= 15 is 0 Å². The molecule has 1 aliphatic carbocycles. The zero-order chi connectivity index (χ0) is 20.8. The van der Waals surface area contributed by atoms with Crippen LogP contribution in [0.4, 0.5) is 0 Å². The van der Waals surface area contributed by atoms with Crippen molar-refractivity contribution in [3.63, 3.8) is 0 Å². The van der Waals surface area contributed by atoms with Crippen LogP contribution in [0, 0.1) is 5.92 Å². The molecule has 6 heteroatoms. The highest BCUT2D eigenvalue weighted by atomic mass is 16.3. The first kappa shape index (κ1) is 20.7. The van der Waals surface area contributed by atoms with E-state index in [0.29, 0.717) is 31.3 Å². The van der Waals surface area contributed by atoms with E-state index in [2.05, 4.69) is 22.3 Å². The van der Waals surface area contributed by atoms with Crippen LogP contribution >= 0.6 is 0 Å². The minimum atomic E-state index is -0.0934. The van der Waals surface area contributed by atoms with Crippen molar-refractivity contribution >= 4 is 11.8 Å². The van der Waals surface area contributed by atoms with Gasteiger partial charge in [0, 0.05) is 32.7 Å². The van der Waals surface area contributed by atoms with Gasteiger partial charge in [-0.2, -0.15) is 0 Å². The maximum atomic E-state index is 13.2. The molecule has 1 N–H and O–H groups in total. The molecule has 1 unspecified atom stereocenters. The van der Waals surface area contributed by atoms with Gasteiger partial charge >= 0.3 is 0 Å². The van der Waals surface area contributed by atoms with Crippen LogP contribution in [0.3, 0.4) is 0 Å². The average molecular weight is 410 g/mol. The molecule has 1 aromatic heterocycles. The van der Waals surface area contributed by atoms with Gasteiger partial charge in [-0.05, 0) is 42.9 Å². The van der Waals surface area contributed by atoms with E-state index in [1.807, 2.05) is 23.1 Å². The van der Waals surface area contributed by atoms with E-state index in [0.717, 1.165) is 32.4 Å². The Morgan fingerprint density at radius 3 is 2.40 bits per heavy atom. The first-order chi connectivity index (χ1) is 14.7. The number of nitrogens with one attached hydrogen (secondary N) is 1. The Balaban J connectivity index is 1.34. The fraction of sp³-hybridized carbons (Fsp3) is 0.500. The van der Waals surface area contributed by atoms with Crippen LogP contribution in [0.1, 0.15) is 41.8 Å². The standard InChI is InChI=1S/C24H31N3O3/c28-23(25-13-12-19-7-2-1-3-8-19)22(20-9-4-5-10-20)26-14-16-27(17-15-26)24(29)21-11-6-18-30-21/h1-3,6-8,11,18,20,22H,4-5,9-10,12-17H2,(H,25,28). The zero-order valence-corrected chi connectivity index (χ0v) is 17.5. The minimum absolute atomic E-state index is 0.0654. The first-order valence-electron chi connectivity index (χ1n) is 11.1. The van der Waals surface area contributed by atoms with Gasteiger partial charge in [0.2, 0.25) is 5.91 Å². The Kier molecular flexibility index (Phi) is 6.84. The number of benzene rings is 1. The van der Waals surface area contributed by atoms with Gasteiger partial charge in [0.05, 0.1) is 12.3 Å². The summed E-state index contributed by atoms with van der Waals surface area (Å²) >= 11 is 0. The summed E-state index contributed by atoms with van der Waals surface area (Å²) in [4.78, 5) is 29.8. The summed E-state index contributed by atoms with van der Waals surface area (Å²) in [6.07, 6.45) is 7.00. The summed E-state index contributed by atoms with van der Waals surface area (Å²) in [6, 6.07) is 13.6. The second-order valence-electron chi connectivity index (χ2n) is 8.32. The molecule has 2 fully saturated rings. The van der Waals surface area contributed by atoms with Gasteiger partial charge in [0.25, 0.3) is 5.91 Å². The molecule has 2 heterocycles. The molecule has 2 aliphatic rings. The molecule has 1 aromatic carbocycles. The van der Waals surface area contributed by atoms with Crippen molar-refractivity contribution in [1.82, 2.24) is 15.1 Å². The van der Waals surface area contributed by atoms with Crippen LogP contribution in [-0.2, 0) is 11.2 Å². The van der Waals surface area contributed by atoms with Crippen molar-refractivity contribution in [3.05, 3.63) is 60.1 Å². The molecule has 30 heavy (non-hydrogen) atoms. The Morgan fingerprint density at radius 1 is 1.00 bits per heavy atom. The minimum Gasteiger partial charge on any atom is -0.459 e. The molecule has 1 saturated carbocycles. The van der Waals surface area contributed by atoms with Crippen molar-refractivity contribution < 1.29 is 14.0 Å². The summed E-state index contributed by atoms with van der Waals surface area (Å²) in [5, 5.41) is 3.19. The Morgan fingerprint density at radius 2 is 1.73 bits per heavy atom. The molecule has 1 saturated heterocycles. The van der Waals surface area contributed by atoms with Crippen molar-refractivity contribution in [3.8, 4) is 0 Å². The zero-order valence-electron chi connectivity index (χ0n) is 17.5. The van der Waals surface area contributed by atoms with Crippen LogP contribution in [-0.4, -0.2) is 60.4 Å². The Labute approximate surface area is 178 Å². The van der Waals surface area contributed by atoms with Gasteiger partial charge in [-0.15, -0.1) is 0 Å². The third-order valence-electron chi connectivity index (χ3n) is 6.40. The fourth-order valence-corrected chi connectivity index (χ4v) is 4.79. The SMILES string of the molecule is O=C(NCCc1ccccc1)C(C1CCCC1)N1CCN(C(=O)c2ccco2)CC1. The number of nitrogens with zero attached hydrogens (tertiary/aromatic N) is 2. The van der Waals surface area contributed by atoms with Gasteiger partial charge in [0.15, 0.2) is 5.76 Å². The maximum Gasteiger partial charge on any atom is 0.289 e. The summed E-state index contributed by atoms with van der Waals surface area (Å²) in [6.45, 7) is 3.35. The molecule has 1 atom stereocenters. The number of hydrogen-bond acceptors (Lipinski definition) is 4. The van der Waals surface area contributed by atoms with Gasteiger partial charge in [-0.1, -0.05) is 43.2 Å². The molecule has 6 nitrogen and oxygen atoms in total. The lowest BCUT2D eigenvalue weighted by Crippen LogP contribution is -2.58. The molecule has 4 rings (SSSR count). The average Bonchev–Trinajstić information content (AvgIpc) is 3.49. The first-order valence-corrected chi connectivity index (χ1v) is 11.1. The summed E-state index contributed by atoms with van der Waals surface area (Å²) in [5.74, 6) is 0.872. The Bertz CT molecular complexity index is 807. The monoisotopic (exact) mass is 409 g/mol. The number of carbonyl (C=O) groups excluding carboxylic acids is 2. The van der Waals surface area contributed by atoms with E-state index in [1.165, 1.54) is 24.7 Å². The molecule has 160 valence electrons. The summed E-state index contributed by atoms with van der Waals surface area (Å²) < 4.78 is 5.25. The van der Waals surface area contributed by atoms with Crippen molar-refractivity contribution in [2.24, 2.45) is 5.92 Å². The maximum absolute atomic E-state index is 13.2. The molecule has 0 radical (unpaired) electrons. The third-order valence-corrected chi connectivity index (χ3v) is 6.40.